The van der Waals surface area contributed by atoms with Crippen molar-refractivity contribution in [1.82, 2.24) is 10.2 Å². The van der Waals surface area contributed by atoms with Gasteiger partial charge in [-0.15, -0.1) is 0 Å². The summed E-state index contributed by atoms with van der Waals surface area (Å²) >= 11 is 6.37. The molecule has 0 saturated carbocycles. The number of anilines is 1. The Morgan fingerprint density at radius 2 is 1.55 bits per heavy atom. The van der Waals surface area contributed by atoms with Gasteiger partial charge in [-0.05, 0) is 69.2 Å². The van der Waals surface area contributed by atoms with Crippen LogP contribution in [0, 0.1) is 0 Å². The lowest BCUT2D eigenvalue weighted by molar-refractivity contribution is -0.141. The van der Waals surface area contributed by atoms with E-state index in [9.17, 15) is 31.2 Å². The minimum atomic E-state index is -4.75. The first kappa shape index (κ1) is 32.9. The van der Waals surface area contributed by atoms with Crippen LogP contribution in [0.15, 0.2) is 83.8 Å². The summed E-state index contributed by atoms with van der Waals surface area (Å²) in [5, 5.41) is 3.18. The third-order valence-electron chi connectivity index (χ3n) is 6.25. The van der Waals surface area contributed by atoms with Crippen LogP contribution in [0.25, 0.3) is 0 Å². The monoisotopic (exact) mass is 623 g/mol. The van der Waals surface area contributed by atoms with Gasteiger partial charge in [0.1, 0.15) is 12.6 Å². The van der Waals surface area contributed by atoms with Gasteiger partial charge in [0, 0.05) is 17.1 Å². The van der Waals surface area contributed by atoms with E-state index in [4.69, 9.17) is 11.6 Å². The van der Waals surface area contributed by atoms with Crippen LogP contribution < -0.4 is 9.62 Å². The summed E-state index contributed by atoms with van der Waals surface area (Å²) in [7, 11) is -4.52. The maximum atomic E-state index is 14.0. The van der Waals surface area contributed by atoms with Crippen LogP contribution >= 0.6 is 11.6 Å². The molecule has 0 spiro atoms. The molecule has 0 saturated heterocycles. The molecule has 226 valence electrons. The third-order valence-corrected chi connectivity index (χ3v) is 8.41. The van der Waals surface area contributed by atoms with E-state index in [1.807, 2.05) is 0 Å². The van der Waals surface area contributed by atoms with Gasteiger partial charge in [-0.3, -0.25) is 13.9 Å². The Hall–Kier alpha value is -3.57. The highest BCUT2D eigenvalue weighted by atomic mass is 35.5. The largest absolute Gasteiger partial charge is 0.416 e. The van der Waals surface area contributed by atoms with E-state index in [-0.39, 0.29) is 23.5 Å². The van der Waals surface area contributed by atoms with Crippen molar-refractivity contribution in [3.63, 3.8) is 0 Å². The van der Waals surface area contributed by atoms with Gasteiger partial charge in [-0.1, -0.05) is 61.0 Å². The van der Waals surface area contributed by atoms with Gasteiger partial charge in [0.25, 0.3) is 10.0 Å². The van der Waals surface area contributed by atoms with Crippen molar-refractivity contribution in [3.05, 3.63) is 95.0 Å². The number of amides is 2. The van der Waals surface area contributed by atoms with Crippen molar-refractivity contribution in [2.75, 3.05) is 10.8 Å². The number of benzene rings is 3. The van der Waals surface area contributed by atoms with Gasteiger partial charge in [0.05, 0.1) is 16.1 Å². The van der Waals surface area contributed by atoms with Crippen molar-refractivity contribution >= 4 is 39.1 Å². The first-order valence-electron chi connectivity index (χ1n) is 13.1. The Bertz CT molecular complexity index is 1510. The number of alkyl halides is 3. The fourth-order valence-corrected chi connectivity index (χ4v) is 5.89. The highest BCUT2D eigenvalue weighted by Crippen LogP contribution is 2.33. The summed E-state index contributed by atoms with van der Waals surface area (Å²) in [6.45, 7) is 6.02. The van der Waals surface area contributed by atoms with Crippen molar-refractivity contribution in [2.24, 2.45) is 0 Å². The number of carbonyl (C=O) groups excluding carboxylic acids is 2. The number of nitrogens with one attached hydrogen (secondary N) is 1. The Morgan fingerprint density at radius 1 is 0.929 bits per heavy atom. The maximum absolute atomic E-state index is 14.0. The normalized spacial score (nSPS) is 12.9. The molecule has 3 aromatic carbocycles. The predicted octanol–water partition coefficient (Wildman–Crippen LogP) is 6.28. The standard InChI is InChI=1S/C30H33ClF3N3O4S/c1-5-26(28(39)35-29(2,3)4)36(19-21-12-9-10-17-25(21)31)27(38)20-37(42(40,41)24-15-7-6-8-16-24)23-14-11-13-22(18-23)30(32,33)34/h6-18,26H,5,19-20H2,1-4H3,(H,35,39)/t26-/m1/s1. The molecule has 0 heterocycles. The lowest BCUT2D eigenvalue weighted by atomic mass is 10.1. The lowest BCUT2D eigenvalue weighted by Crippen LogP contribution is -2.55. The zero-order valence-corrected chi connectivity index (χ0v) is 25.2. The molecule has 0 radical (unpaired) electrons. The van der Waals surface area contributed by atoms with E-state index in [0.717, 1.165) is 12.1 Å². The molecule has 0 aliphatic heterocycles. The van der Waals surface area contributed by atoms with Gasteiger partial charge in [-0.2, -0.15) is 13.2 Å². The van der Waals surface area contributed by atoms with Crippen LogP contribution in [-0.4, -0.2) is 43.3 Å². The molecule has 0 fully saturated rings. The zero-order chi connectivity index (χ0) is 31.3. The number of rotatable bonds is 10. The Balaban J connectivity index is 2.13. The molecule has 0 aliphatic carbocycles. The average molecular weight is 624 g/mol. The number of sulfonamides is 1. The maximum Gasteiger partial charge on any atom is 0.416 e. The zero-order valence-electron chi connectivity index (χ0n) is 23.7. The van der Waals surface area contributed by atoms with Gasteiger partial charge in [-0.25, -0.2) is 8.42 Å². The summed E-state index contributed by atoms with van der Waals surface area (Å²) in [5.41, 5.74) is -1.56. The summed E-state index contributed by atoms with van der Waals surface area (Å²) in [5.74, 6) is -1.27. The first-order chi connectivity index (χ1) is 19.5. The Morgan fingerprint density at radius 3 is 2.12 bits per heavy atom. The lowest BCUT2D eigenvalue weighted by Gasteiger charge is -2.35. The van der Waals surface area contributed by atoms with E-state index >= 15 is 0 Å². The predicted molar refractivity (Wildman–Crippen MR) is 156 cm³/mol. The molecule has 12 heteroatoms. The second kappa shape index (κ2) is 13.2. The molecule has 0 aromatic heterocycles. The minimum absolute atomic E-state index is 0.142. The number of carbonyl (C=O) groups is 2. The summed E-state index contributed by atoms with van der Waals surface area (Å²) in [4.78, 5) is 28.4. The number of hydrogen-bond donors (Lipinski definition) is 1. The summed E-state index contributed by atoms with van der Waals surface area (Å²) < 4.78 is 69.0. The quantitative estimate of drug-likeness (QED) is 0.288. The van der Waals surface area contributed by atoms with Crippen LogP contribution in [0.3, 0.4) is 0 Å². The number of nitrogens with zero attached hydrogens (tertiary/aromatic N) is 2. The molecule has 3 aromatic rings. The van der Waals surface area contributed by atoms with Gasteiger partial charge in [0.15, 0.2) is 0 Å². The molecular weight excluding hydrogens is 591 g/mol. The molecule has 7 nitrogen and oxygen atoms in total. The highest BCUT2D eigenvalue weighted by Gasteiger charge is 2.36. The van der Waals surface area contributed by atoms with E-state index in [2.05, 4.69) is 5.32 Å². The fourth-order valence-electron chi connectivity index (χ4n) is 4.27. The molecule has 3 rings (SSSR count). The molecule has 2 amide bonds. The highest BCUT2D eigenvalue weighted by molar-refractivity contribution is 7.92. The Kier molecular flexibility index (Phi) is 10.3. The molecule has 0 unspecified atom stereocenters. The van der Waals surface area contributed by atoms with E-state index in [0.29, 0.717) is 21.0 Å². The van der Waals surface area contributed by atoms with Gasteiger partial charge >= 0.3 is 6.18 Å². The number of halogens is 4. The van der Waals surface area contributed by atoms with Crippen LogP contribution in [0.4, 0.5) is 18.9 Å². The molecular formula is C30H33ClF3N3O4S. The topological polar surface area (TPSA) is 86.8 Å². The van der Waals surface area contributed by atoms with Crippen molar-refractivity contribution < 1.29 is 31.2 Å². The smallest absolute Gasteiger partial charge is 0.350 e. The van der Waals surface area contributed by atoms with Gasteiger partial charge < -0.3 is 10.2 Å². The van der Waals surface area contributed by atoms with Crippen LogP contribution in [0.2, 0.25) is 5.02 Å². The van der Waals surface area contributed by atoms with E-state index < -0.39 is 51.7 Å². The average Bonchev–Trinajstić information content (AvgIpc) is 2.91. The second-order valence-corrected chi connectivity index (χ2v) is 12.9. The van der Waals surface area contributed by atoms with Gasteiger partial charge in [0.2, 0.25) is 11.8 Å². The Labute approximate surface area is 249 Å². The molecule has 42 heavy (non-hydrogen) atoms. The van der Waals surface area contributed by atoms with Crippen molar-refractivity contribution in [1.29, 1.82) is 0 Å². The van der Waals surface area contributed by atoms with Crippen molar-refractivity contribution in [2.45, 2.75) is 63.3 Å². The number of hydrogen-bond acceptors (Lipinski definition) is 4. The van der Waals surface area contributed by atoms with Crippen LogP contribution in [0.1, 0.15) is 45.2 Å². The minimum Gasteiger partial charge on any atom is -0.350 e. The van der Waals surface area contributed by atoms with Crippen molar-refractivity contribution in [3.8, 4) is 0 Å². The fraction of sp³-hybridized carbons (Fsp3) is 0.333. The van der Waals surface area contributed by atoms with Crippen LogP contribution in [-0.2, 0) is 32.3 Å². The first-order valence-corrected chi connectivity index (χ1v) is 15.0. The molecule has 0 bridgehead atoms. The SMILES string of the molecule is CC[C@H](C(=O)NC(C)(C)C)N(Cc1ccccc1Cl)C(=O)CN(c1cccc(C(F)(F)F)c1)S(=O)(=O)c1ccccc1. The molecule has 1 atom stereocenters. The molecule has 0 aliphatic rings. The summed E-state index contributed by atoms with van der Waals surface area (Å²) in [6.07, 6.45) is -4.58. The second-order valence-electron chi connectivity index (χ2n) is 10.6. The van der Waals surface area contributed by atoms with Crippen LogP contribution in [0.5, 0.6) is 0 Å². The third kappa shape index (κ3) is 8.25. The van der Waals surface area contributed by atoms with E-state index in [1.54, 1.807) is 58.0 Å². The molecule has 1 N–H and O–H groups in total. The van der Waals surface area contributed by atoms with E-state index in [1.165, 1.54) is 35.2 Å². The summed E-state index contributed by atoms with van der Waals surface area (Å²) in [6, 6.07) is 16.5.